The van der Waals surface area contributed by atoms with Gasteiger partial charge in [-0.2, -0.15) is 16.1 Å². The second-order valence-corrected chi connectivity index (χ2v) is 4.24. The van der Waals surface area contributed by atoms with Gasteiger partial charge in [-0.3, -0.25) is 0 Å². The minimum Gasteiger partial charge on any atom is -0.330 e. The van der Waals surface area contributed by atoms with E-state index < -0.39 is 0 Å². The molecule has 3 nitrogen and oxygen atoms in total. The Bertz CT molecular complexity index is 215. The maximum absolute atomic E-state index is 5.58. The Morgan fingerprint density at radius 1 is 1.64 bits per heavy atom. The van der Waals surface area contributed by atoms with Crippen molar-refractivity contribution >= 4 is 34.9 Å². The first-order valence-electron chi connectivity index (χ1n) is 3.09. The van der Waals surface area contributed by atoms with Gasteiger partial charge in [0.2, 0.25) is 4.47 Å². The summed E-state index contributed by atoms with van der Waals surface area (Å²) in [5.41, 5.74) is 5.31. The Kier molecular flexibility index (Phi) is 4.14. The Morgan fingerprint density at radius 2 is 2.45 bits per heavy atom. The monoisotopic (exact) mass is 209 g/mol. The third kappa shape index (κ3) is 3.37. The van der Waals surface area contributed by atoms with Crippen molar-refractivity contribution in [3.8, 4) is 0 Å². The number of hydrogen-bond acceptors (Lipinski definition) is 5. The molecule has 0 saturated carbocycles. The third-order valence-corrected chi connectivity index (χ3v) is 2.76. The normalized spacial score (nSPS) is 10.4. The lowest BCUT2D eigenvalue weighted by Crippen LogP contribution is -2.01. The van der Waals surface area contributed by atoms with Crippen LogP contribution in [0.2, 0.25) is 4.47 Å². The van der Waals surface area contributed by atoms with Crippen LogP contribution in [0.1, 0.15) is 5.82 Å². The van der Waals surface area contributed by atoms with Crippen molar-refractivity contribution in [1.82, 2.24) is 9.36 Å². The molecule has 1 heterocycles. The van der Waals surface area contributed by atoms with E-state index in [1.165, 1.54) is 11.5 Å². The molecule has 62 valence electrons. The molecule has 0 bridgehead atoms. The predicted molar refractivity (Wildman–Crippen MR) is 50.1 cm³/mol. The van der Waals surface area contributed by atoms with E-state index in [9.17, 15) is 0 Å². The Morgan fingerprint density at radius 3 is 3.00 bits per heavy atom. The summed E-state index contributed by atoms with van der Waals surface area (Å²) in [5.74, 6) is 2.55. The van der Waals surface area contributed by atoms with E-state index in [1.807, 2.05) is 0 Å². The molecule has 0 fully saturated rings. The second-order valence-electron chi connectivity index (χ2n) is 1.80. The molecule has 0 saturated heterocycles. The van der Waals surface area contributed by atoms with Gasteiger partial charge < -0.3 is 5.73 Å². The largest absolute Gasteiger partial charge is 0.330 e. The van der Waals surface area contributed by atoms with Crippen LogP contribution < -0.4 is 5.73 Å². The third-order valence-electron chi connectivity index (χ3n) is 0.937. The maximum atomic E-state index is 5.58. The van der Waals surface area contributed by atoms with Crippen LogP contribution in [0.4, 0.5) is 0 Å². The van der Waals surface area contributed by atoms with Gasteiger partial charge in [0, 0.05) is 12.3 Å². The number of rotatable bonds is 4. The molecule has 1 rings (SSSR count). The van der Waals surface area contributed by atoms with Gasteiger partial charge in [-0.25, -0.2) is 4.98 Å². The predicted octanol–water partition coefficient (Wildman–Crippen LogP) is 1.38. The quantitative estimate of drug-likeness (QED) is 0.762. The van der Waals surface area contributed by atoms with E-state index in [0.29, 0.717) is 11.0 Å². The topological polar surface area (TPSA) is 51.8 Å². The molecule has 0 unspecified atom stereocenters. The smallest absolute Gasteiger partial charge is 0.203 e. The van der Waals surface area contributed by atoms with Crippen molar-refractivity contribution in [3.63, 3.8) is 0 Å². The molecule has 0 spiro atoms. The molecule has 1 aromatic rings. The zero-order valence-corrected chi connectivity index (χ0v) is 8.18. The average Bonchev–Trinajstić information content (AvgIpc) is 2.37. The first kappa shape index (κ1) is 9.25. The highest BCUT2D eigenvalue weighted by Gasteiger charge is 1.99. The fraction of sp³-hybridized carbons (Fsp3) is 0.600. The summed E-state index contributed by atoms with van der Waals surface area (Å²) in [6.45, 7) is 0.697. The van der Waals surface area contributed by atoms with E-state index in [-0.39, 0.29) is 0 Å². The maximum Gasteiger partial charge on any atom is 0.203 e. The summed E-state index contributed by atoms with van der Waals surface area (Å²) < 4.78 is 4.53. The number of thioether (sulfide) groups is 1. The van der Waals surface area contributed by atoms with Crippen LogP contribution in [0.25, 0.3) is 0 Å². The molecule has 0 radical (unpaired) electrons. The molecule has 0 aliphatic rings. The number of halogens is 1. The number of nitrogens with zero attached hydrogens (tertiary/aromatic N) is 2. The molecule has 0 amide bonds. The first-order chi connectivity index (χ1) is 5.33. The fourth-order valence-corrected chi connectivity index (χ4v) is 1.88. The average molecular weight is 210 g/mol. The lowest BCUT2D eigenvalue weighted by molar-refractivity contribution is 1.12. The second kappa shape index (κ2) is 4.92. The molecule has 2 N–H and O–H groups in total. The highest BCUT2D eigenvalue weighted by molar-refractivity contribution is 7.98. The van der Waals surface area contributed by atoms with Gasteiger partial charge in [0.1, 0.15) is 0 Å². The molecular weight excluding hydrogens is 202 g/mol. The van der Waals surface area contributed by atoms with E-state index in [0.717, 1.165) is 17.3 Å². The van der Waals surface area contributed by atoms with E-state index in [1.54, 1.807) is 11.8 Å². The zero-order valence-electron chi connectivity index (χ0n) is 5.79. The molecule has 0 aromatic carbocycles. The van der Waals surface area contributed by atoms with Crippen LogP contribution >= 0.6 is 34.9 Å². The fourth-order valence-electron chi connectivity index (χ4n) is 0.538. The number of nitrogens with two attached hydrogens (primary N) is 1. The standard InChI is InChI=1S/C5H8ClN3S2/c6-5-8-4(9-11-5)3-10-2-1-7/h1-3,7H2. The van der Waals surface area contributed by atoms with Crippen molar-refractivity contribution in [2.24, 2.45) is 5.73 Å². The van der Waals surface area contributed by atoms with Crippen LogP contribution in [0.3, 0.4) is 0 Å². The summed E-state index contributed by atoms with van der Waals surface area (Å²) in [6, 6.07) is 0. The minimum atomic E-state index is 0.508. The molecule has 1 aromatic heterocycles. The van der Waals surface area contributed by atoms with Gasteiger partial charge in [-0.1, -0.05) is 0 Å². The highest BCUT2D eigenvalue weighted by atomic mass is 35.5. The van der Waals surface area contributed by atoms with Gasteiger partial charge in [-0.15, -0.1) is 0 Å². The van der Waals surface area contributed by atoms with Crippen molar-refractivity contribution in [2.75, 3.05) is 12.3 Å². The number of hydrogen-bond donors (Lipinski definition) is 1. The van der Waals surface area contributed by atoms with Gasteiger partial charge in [0.25, 0.3) is 0 Å². The lowest BCUT2D eigenvalue weighted by Gasteiger charge is -1.92. The highest BCUT2D eigenvalue weighted by Crippen LogP contribution is 2.14. The van der Waals surface area contributed by atoms with Gasteiger partial charge in [-0.05, 0) is 23.1 Å². The van der Waals surface area contributed by atoms with Crippen LogP contribution in [0.5, 0.6) is 0 Å². The van der Waals surface area contributed by atoms with Gasteiger partial charge in [0.05, 0.1) is 5.75 Å². The number of aromatic nitrogens is 2. The van der Waals surface area contributed by atoms with Crippen molar-refractivity contribution in [3.05, 3.63) is 10.3 Å². The van der Waals surface area contributed by atoms with Gasteiger partial charge in [0.15, 0.2) is 5.82 Å². The van der Waals surface area contributed by atoms with Crippen molar-refractivity contribution in [1.29, 1.82) is 0 Å². The zero-order chi connectivity index (χ0) is 8.10. The SMILES string of the molecule is NCCSCc1nsc(Cl)n1. The first-order valence-corrected chi connectivity index (χ1v) is 5.39. The summed E-state index contributed by atoms with van der Waals surface area (Å²) in [5, 5.41) is 0. The van der Waals surface area contributed by atoms with Crippen LogP contribution in [0, 0.1) is 0 Å². The van der Waals surface area contributed by atoms with Crippen LogP contribution in [-0.2, 0) is 5.75 Å². The van der Waals surface area contributed by atoms with Crippen molar-refractivity contribution in [2.45, 2.75) is 5.75 Å². The minimum absolute atomic E-state index is 0.508. The van der Waals surface area contributed by atoms with E-state index in [4.69, 9.17) is 17.3 Å². The van der Waals surface area contributed by atoms with E-state index in [2.05, 4.69) is 9.36 Å². The Labute approximate surface area is 78.5 Å². The Hall–Kier alpha value is 0.160. The van der Waals surface area contributed by atoms with Crippen LogP contribution in [0.15, 0.2) is 0 Å². The molecule has 0 aliphatic heterocycles. The summed E-state index contributed by atoms with van der Waals surface area (Å²) in [7, 11) is 0. The summed E-state index contributed by atoms with van der Waals surface area (Å²) in [6.07, 6.45) is 0. The summed E-state index contributed by atoms with van der Waals surface area (Å²) >= 11 is 8.52. The Balaban J connectivity index is 2.27. The van der Waals surface area contributed by atoms with Crippen molar-refractivity contribution < 1.29 is 0 Å². The molecule has 11 heavy (non-hydrogen) atoms. The van der Waals surface area contributed by atoms with Gasteiger partial charge >= 0.3 is 0 Å². The summed E-state index contributed by atoms with van der Waals surface area (Å²) in [4.78, 5) is 3.99. The molecule has 0 aliphatic carbocycles. The molecular formula is C5H8ClN3S2. The molecule has 0 atom stereocenters. The van der Waals surface area contributed by atoms with Crippen LogP contribution in [-0.4, -0.2) is 21.7 Å². The van der Waals surface area contributed by atoms with E-state index >= 15 is 0 Å². The lowest BCUT2D eigenvalue weighted by atomic mass is 10.7. The molecule has 6 heteroatoms.